The average molecular weight is 279 g/mol. The minimum atomic E-state index is 0.0245. The highest BCUT2D eigenvalue weighted by molar-refractivity contribution is 5.07. The monoisotopic (exact) mass is 279 g/mol. The standard InChI is InChI=1S/C15H25N3O2/c1-11-9-16-14(17-11)10-18-7-6-15(20-3)5-4-12(19-2)8-13(15)18/h9,12-13H,4-8,10H2,1-3H3,(H,16,17). The lowest BCUT2D eigenvalue weighted by atomic mass is 9.79. The third-order valence-electron chi connectivity index (χ3n) is 5.09. The van der Waals surface area contributed by atoms with Gasteiger partial charge in [-0.15, -0.1) is 0 Å². The smallest absolute Gasteiger partial charge is 0.120 e. The lowest BCUT2D eigenvalue weighted by Gasteiger charge is -2.43. The molecule has 5 heteroatoms. The third-order valence-corrected chi connectivity index (χ3v) is 5.09. The van der Waals surface area contributed by atoms with Crippen molar-refractivity contribution in [3.8, 4) is 0 Å². The van der Waals surface area contributed by atoms with Crippen LogP contribution in [0.3, 0.4) is 0 Å². The maximum atomic E-state index is 5.94. The second kappa shape index (κ2) is 5.47. The lowest BCUT2D eigenvalue weighted by Crippen LogP contribution is -2.51. The molecule has 0 bridgehead atoms. The summed E-state index contributed by atoms with van der Waals surface area (Å²) in [6.45, 7) is 4.00. The van der Waals surface area contributed by atoms with Crippen molar-refractivity contribution in [1.82, 2.24) is 14.9 Å². The molecule has 20 heavy (non-hydrogen) atoms. The van der Waals surface area contributed by atoms with Crippen molar-refractivity contribution in [2.24, 2.45) is 0 Å². The molecular weight excluding hydrogens is 254 g/mol. The molecule has 2 fully saturated rings. The van der Waals surface area contributed by atoms with Gasteiger partial charge in [-0.25, -0.2) is 4.98 Å². The number of aromatic nitrogens is 2. The summed E-state index contributed by atoms with van der Waals surface area (Å²) in [5.41, 5.74) is 1.15. The van der Waals surface area contributed by atoms with E-state index in [-0.39, 0.29) is 5.60 Å². The summed E-state index contributed by atoms with van der Waals surface area (Å²) in [5, 5.41) is 0. The topological polar surface area (TPSA) is 50.4 Å². The fourth-order valence-corrected chi connectivity index (χ4v) is 3.90. The SMILES string of the molecule is COC1CCC2(OC)CCN(Cc3ncc(C)[nH]3)C2C1. The Bertz CT molecular complexity index is 462. The van der Waals surface area contributed by atoms with E-state index in [2.05, 4.69) is 14.9 Å². The van der Waals surface area contributed by atoms with Crippen LogP contribution in [0.4, 0.5) is 0 Å². The van der Waals surface area contributed by atoms with Gasteiger partial charge in [-0.05, 0) is 32.6 Å². The van der Waals surface area contributed by atoms with Gasteiger partial charge in [0.2, 0.25) is 0 Å². The van der Waals surface area contributed by atoms with E-state index in [0.717, 1.165) is 50.3 Å². The van der Waals surface area contributed by atoms with Gasteiger partial charge in [0.15, 0.2) is 0 Å². The van der Waals surface area contributed by atoms with Crippen molar-refractivity contribution in [2.45, 2.75) is 56.9 Å². The molecular formula is C15H25N3O2. The van der Waals surface area contributed by atoms with E-state index in [9.17, 15) is 0 Å². The Morgan fingerprint density at radius 3 is 2.95 bits per heavy atom. The quantitative estimate of drug-likeness (QED) is 0.914. The maximum absolute atomic E-state index is 5.94. The van der Waals surface area contributed by atoms with Gasteiger partial charge in [0.05, 0.1) is 18.2 Å². The molecule has 0 radical (unpaired) electrons. The molecule has 1 saturated carbocycles. The van der Waals surface area contributed by atoms with E-state index in [1.165, 1.54) is 0 Å². The number of likely N-dealkylation sites (tertiary alicyclic amines) is 1. The van der Waals surface area contributed by atoms with E-state index in [1.54, 1.807) is 0 Å². The van der Waals surface area contributed by atoms with E-state index < -0.39 is 0 Å². The summed E-state index contributed by atoms with van der Waals surface area (Å²) in [6.07, 6.45) is 6.64. The predicted molar refractivity (Wildman–Crippen MR) is 76.5 cm³/mol. The first-order chi connectivity index (χ1) is 9.66. The molecule has 1 aliphatic carbocycles. The van der Waals surface area contributed by atoms with Crippen LogP contribution in [0.1, 0.15) is 37.2 Å². The Kier molecular flexibility index (Phi) is 3.84. The molecule has 112 valence electrons. The van der Waals surface area contributed by atoms with Crippen molar-refractivity contribution in [3.05, 3.63) is 17.7 Å². The maximum Gasteiger partial charge on any atom is 0.120 e. The van der Waals surface area contributed by atoms with E-state index in [0.29, 0.717) is 12.1 Å². The molecule has 0 spiro atoms. The largest absolute Gasteiger partial charge is 0.381 e. The molecule has 1 aromatic heterocycles. The molecule has 1 saturated heterocycles. The van der Waals surface area contributed by atoms with Gasteiger partial charge >= 0.3 is 0 Å². The van der Waals surface area contributed by atoms with Crippen LogP contribution in [0.15, 0.2) is 6.20 Å². The molecule has 3 rings (SSSR count). The first kappa shape index (κ1) is 14.0. The molecule has 1 aliphatic heterocycles. The van der Waals surface area contributed by atoms with Crippen LogP contribution >= 0.6 is 0 Å². The van der Waals surface area contributed by atoms with Crippen molar-refractivity contribution >= 4 is 0 Å². The zero-order valence-electron chi connectivity index (χ0n) is 12.7. The molecule has 3 unspecified atom stereocenters. The lowest BCUT2D eigenvalue weighted by molar-refractivity contribution is -0.0949. The van der Waals surface area contributed by atoms with Gasteiger partial charge in [-0.1, -0.05) is 0 Å². The number of methoxy groups -OCH3 is 2. The third kappa shape index (κ3) is 2.38. The van der Waals surface area contributed by atoms with Gasteiger partial charge in [0.1, 0.15) is 5.82 Å². The van der Waals surface area contributed by atoms with Gasteiger partial charge in [-0.2, -0.15) is 0 Å². The summed E-state index contributed by atoms with van der Waals surface area (Å²) >= 11 is 0. The van der Waals surface area contributed by atoms with Crippen molar-refractivity contribution in [1.29, 1.82) is 0 Å². The molecule has 1 aromatic rings. The number of nitrogens with zero attached hydrogens (tertiary/aromatic N) is 2. The summed E-state index contributed by atoms with van der Waals surface area (Å²) in [7, 11) is 3.68. The normalized spacial score (nSPS) is 34.4. The number of aromatic amines is 1. The van der Waals surface area contributed by atoms with Crippen molar-refractivity contribution < 1.29 is 9.47 Å². The number of imidazole rings is 1. The number of fused-ring (bicyclic) bond motifs is 1. The van der Waals surface area contributed by atoms with Crippen molar-refractivity contribution in [3.63, 3.8) is 0 Å². The Labute approximate surface area is 120 Å². The zero-order chi connectivity index (χ0) is 14.2. The highest BCUT2D eigenvalue weighted by Gasteiger charge is 2.51. The van der Waals surface area contributed by atoms with Crippen LogP contribution in [-0.2, 0) is 16.0 Å². The molecule has 3 atom stereocenters. The Balaban J connectivity index is 1.75. The van der Waals surface area contributed by atoms with Crippen LogP contribution in [-0.4, -0.2) is 53.4 Å². The van der Waals surface area contributed by atoms with Crippen LogP contribution in [0.2, 0.25) is 0 Å². The highest BCUT2D eigenvalue weighted by Crippen LogP contribution is 2.43. The van der Waals surface area contributed by atoms with Crippen LogP contribution < -0.4 is 0 Å². The molecule has 1 N–H and O–H groups in total. The van der Waals surface area contributed by atoms with E-state index in [4.69, 9.17) is 9.47 Å². The first-order valence-electron chi connectivity index (χ1n) is 7.49. The van der Waals surface area contributed by atoms with Gasteiger partial charge < -0.3 is 14.5 Å². The minimum absolute atomic E-state index is 0.0245. The zero-order valence-corrected chi connectivity index (χ0v) is 12.7. The minimum Gasteiger partial charge on any atom is -0.381 e. The van der Waals surface area contributed by atoms with Crippen LogP contribution in [0, 0.1) is 6.92 Å². The van der Waals surface area contributed by atoms with Gasteiger partial charge in [-0.3, -0.25) is 4.90 Å². The number of ether oxygens (including phenoxy) is 2. The van der Waals surface area contributed by atoms with E-state index >= 15 is 0 Å². The second-order valence-corrected chi connectivity index (χ2v) is 6.15. The van der Waals surface area contributed by atoms with Gasteiger partial charge in [0, 0.05) is 38.7 Å². The first-order valence-corrected chi connectivity index (χ1v) is 7.49. The second-order valence-electron chi connectivity index (χ2n) is 6.15. The number of H-pyrrole nitrogens is 1. The van der Waals surface area contributed by atoms with E-state index in [1.807, 2.05) is 27.3 Å². The summed E-state index contributed by atoms with van der Waals surface area (Å²) in [4.78, 5) is 10.3. The van der Waals surface area contributed by atoms with Crippen molar-refractivity contribution in [2.75, 3.05) is 20.8 Å². The molecule has 2 heterocycles. The number of hydrogen-bond donors (Lipinski definition) is 1. The van der Waals surface area contributed by atoms with Gasteiger partial charge in [0.25, 0.3) is 0 Å². The number of aryl methyl sites for hydroxylation is 1. The molecule has 0 aromatic carbocycles. The van der Waals surface area contributed by atoms with Crippen LogP contribution in [0.5, 0.6) is 0 Å². The fraction of sp³-hybridized carbons (Fsp3) is 0.800. The molecule has 0 amide bonds. The Morgan fingerprint density at radius 1 is 1.45 bits per heavy atom. The Hall–Kier alpha value is -0.910. The molecule has 2 aliphatic rings. The van der Waals surface area contributed by atoms with Crippen LogP contribution in [0.25, 0.3) is 0 Å². The predicted octanol–water partition coefficient (Wildman–Crippen LogP) is 1.88. The highest BCUT2D eigenvalue weighted by atomic mass is 16.5. The number of hydrogen-bond acceptors (Lipinski definition) is 4. The Morgan fingerprint density at radius 2 is 2.30 bits per heavy atom. The summed E-state index contributed by atoms with van der Waals surface area (Å²) in [6, 6.07) is 0.441. The fourth-order valence-electron chi connectivity index (χ4n) is 3.90. The number of rotatable bonds is 4. The number of nitrogens with one attached hydrogen (secondary N) is 1. The summed E-state index contributed by atoms with van der Waals surface area (Å²) in [5.74, 6) is 1.05. The summed E-state index contributed by atoms with van der Waals surface area (Å²) < 4.78 is 11.5. The molecule has 5 nitrogen and oxygen atoms in total. The average Bonchev–Trinajstić information content (AvgIpc) is 3.04.